The summed E-state index contributed by atoms with van der Waals surface area (Å²) in [5, 5.41) is 8.18. The van der Waals surface area contributed by atoms with Gasteiger partial charge in [0.15, 0.2) is 0 Å². The van der Waals surface area contributed by atoms with Crippen molar-refractivity contribution in [3.05, 3.63) is 11.9 Å². The summed E-state index contributed by atoms with van der Waals surface area (Å²) in [6.07, 6.45) is 5.11. The number of nitrogens with zero attached hydrogens (tertiary/aromatic N) is 3. The third-order valence-electron chi connectivity index (χ3n) is 2.03. The van der Waals surface area contributed by atoms with Gasteiger partial charge in [-0.15, -0.1) is 16.7 Å². The minimum atomic E-state index is 0.694. The molecule has 0 radical (unpaired) electrons. The second-order valence-electron chi connectivity index (χ2n) is 3.32. The molecular weight excluding hydrogens is 230 g/mol. The molecule has 0 atom stereocenters. The Hall–Kier alpha value is -0.220. The van der Waals surface area contributed by atoms with Gasteiger partial charge < -0.3 is 0 Å². The minimum Gasteiger partial charge on any atom is -0.252 e. The van der Waals surface area contributed by atoms with Crippen LogP contribution in [0.3, 0.4) is 0 Å². The third-order valence-corrected chi connectivity index (χ3v) is 3.29. The molecule has 0 aromatic carbocycles. The molecule has 0 amide bonds. The summed E-state index contributed by atoms with van der Waals surface area (Å²) < 4.78 is 1.93. The summed E-state index contributed by atoms with van der Waals surface area (Å²) in [7, 11) is 0. The molecule has 0 unspecified atom stereocenters. The van der Waals surface area contributed by atoms with Crippen LogP contribution >= 0.6 is 23.4 Å². The van der Waals surface area contributed by atoms with E-state index in [1.54, 1.807) is 0 Å². The predicted octanol–water partition coefficient (Wildman–Crippen LogP) is 2.59. The summed E-state index contributed by atoms with van der Waals surface area (Å²) in [5.74, 6) is 3.09. The summed E-state index contributed by atoms with van der Waals surface area (Å²) >= 11 is 7.59. The molecule has 1 aromatic rings. The Labute approximate surface area is 101 Å². The molecule has 86 valence electrons. The molecule has 1 heterocycles. The molecule has 1 rings (SSSR count). The van der Waals surface area contributed by atoms with Crippen molar-refractivity contribution in [2.45, 2.75) is 32.7 Å². The summed E-state index contributed by atoms with van der Waals surface area (Å²) in [5.41, 5.74) is 1.05. The van der Waals surface area contributed by atoms with Crippen molar-refractivity contribution in [1.29, 1.82) is 0 Å². The minimum absolute atomic E-state index is 0.694. The van der Waals surface area contributed by atoms with Gasteiger partial charge in [-0.3, -0.25) is 4.68 Å². The SMILES string of the molecule is CCSCCCn1cc(CCCCl)nn1. The highest BCUT2D eigenvalue weighted by Crippen LogP contribution is 2.04. The summed E-state index contributed by atoms with van der Waals surface area (Å²) in [6, 6.07) is 0. The lowest BCUT2D eigenvalue weighted by molar-refractivity contribution is 0.581. The first-order chi connectivity index (χ1) is 7.36. The van der Waals surface area contributed by atoms with Crippen molar-refractivity contribution >= 4 is 23.4 Å². The van der Waals surface area contributed by atoms with Gasteiger partial charge in [0.1, 0.15) is 0 Å². The van der Waals surface area contributed by atoms with Gasteiger partial charge in [-0.1, -0.05) is 12.1 Å². The van der Waals surface area contributed by atoms with E-state index in [2.05, 4.69) is 17.2 Å². The van der Waals surface area contributed by atoms with Crippen LogP contribution in [0.4, 0.5) is 0 Å². The zero-order chi connectivity index (χ0) is 10.9. The Bertz CT molecular complexity index is 265. The highest BCUT2D eigenvalue weighted by atomic mass is 35.5. The number of aromatic nitrogens is 3. The lowest BCUT2D eigenvalue weighted by Crippen LogP contribution is -1.99. The van der Waals surface area contributed by atoms with Crippen molar-refractivity contribution in [3.8, 4) is 0 Å². The molecule has 0 saturated carbocycles. The monoisotopic (exact) mass is 247 g/mol. The number of thioether (sulfide) groups is 1. The molecule has 0 N–H and O–H groups in total. The zero-order valence-corrected chi connectivity index (χ0v) is 10.7. The van der Waals surface area contributed by atoms with E-state index in [1.807, 2.05) is 22.6 Å². The van der Waals surface area contributed by atoms with Crippen LogP contribution in [0.5, 0.6) is 0 Å². The van der Waals surface area contributed by atoms with Crippen LogP contribution in [0.2, 0.25) is 0 Å². The lowest BCUT2D eigenvalue weighted by atomic mass is 10.3. The molecule has 0 aliphatic heterocycles. The molecule has 3 nitrogen and oxygen atoms in total. The van der Waals surface area contributed by atoms with Crippen LogP contribution < -0.4 is 0 Å². The van der Waals surface area contributed by atoms with E-state index in [-0.39, 0.29) is 0 Å². The highest BCUT2D eigenvalue weighted by molar-refractivity contribution is 7.99. The molecule has 0 bridgehead atoms. The number of rotatable bonds is 8. The maximum Gasteiger partial charge on any atom is 0.0827 e. The molecular formula is C10H18ClN3S. The van der Waals surface area contributed by atoms with Crippen LogP contribution in [0, 0.1) is 0 Å². The first-order valence-corrected chi connectivity index (χ1v) is 7.08. The molecule has 0 spiro atoms. The van der Waals surface area contributed by atoms with Crippen LogP contribution in [-0.2, 0) is 13.0 Å². The van der Waals surface area contributed by atoms with E-state index in [1.165, 1.54) is 11.5 Å². The van der Waals surface area contributed by atoms with Gasteiger partial charge in [-0.2, -0.15) is 11.8 Å². The Kier molecular flexibility index (Phi) is 6.85. The third kappa shape index (κ3) is 5.42. The number of halogens is 1. The van der Waals surface area contributed by atoms with Crippen LogP contribution in [0.25, 0.3) is 0 Å². The van der Waals surface area contributed by atoms with E-state index in [0.29, 0.717) is 5.88 Å². The van der Waals surface area contributed by atoms with E-state index in [0.717, 1.165) is 31.5 Å². The number of alkyl halides is 1. The zero-order valence-electron chi connectivity index (χ0n) is 9.15. The highest BCUT2D eigenvalue weighted by Gasteiger charge is 1.99. The number of hydrogen-bond acceptors (Lipinski definition) is 3. The first-order valence-electron chi connectivity index (χ1n) is 5.39. The maximum atomic E-state index is 5.62. The molecule has 0 aliphatic carbocycles. The van der Waals surface area contributed by atoms with Crippen LogP contribution in [-0.4, -0.2) is 32.4 Å². The quantitative estimate of drug-likeness (QED) is 0.523. The van der Waals surface area contributed by atoms with Crippen LogP contribution in [0.15, 0.2) is 6.20 Å². The Morgan fingerprint density at radius 1 is 1.47 bits per heavy atom. The van der Waals surface area contributed by atoms with Crippen molar-refractivity contribution < 1.29 is 0 Å². The number of hydrogen-bond donors (Lipinski definition) is 0. The fourth-order valence-corrected chi connectivity index (χ4v) is 2.04. The van der Waals surface area contributed by atoms with Crippen molar-refractivity contribution in [3.63, 3.8) is 0 Å². The summed E-state index contributed by atoms with van der Waals surface area (Å²) in [6.45, 7) is 3.16. The fourth-order valence-electron chi connectivity index (χ4n) is 1.28. The fraction of sp³-hybridized carbons (Fsp3) is 0.800. The van der Waals surface area contributed by atoms with E-state index in [9.17, 15) is 0 Å². The molecule has 0 aliphatic rings. The average Bonchev–Trinajstić information content (AvgIpc) is 2.69. The second-order valence-corrected chi connectivity index (χ2v) is 5.09. The Balaban J connectivity index is 2.20. The molecule has 1 aromatic heterocycles. The Morgan fingerprint density at radius 2 is 2.33 bits per heavy atom. The molecule has 0 saturated heterocycles. The predicted molar refractivity (Wildman–Crippen MR) is 66.7 cm³/mol. The van der Waals surface area contributed by atoms with E-state index in [4.69, 9.17) is 11.6 Å². The van der Waals surface area contributed by atoms with E-state index < -0.39 is 0 Å². The lowest BCUT2D eigenvalue weighted by Gasteiger charge is -1.98. The van der Waals surface area contributed by atoms with Gasteiger partial charge in [0.25, 0.3) is 0 Å². The normalized spacial score (nSPS) is 10.8. The topological polar surface area (TPSA) is 30.7 Å². The van der Waals surface area contributed by atoms with E-state index >= 15 is 0 Å². The maximum absolute atomic E-state index is 5.62. The molecule has 0 fully saturated rings. The van der Waals surface area contributed by atoms with Crippen molar-refractivity contribution in [1.82, 2.24) is 15.0 Å². The number of aryl methyl sites for hydroxylation is 2. The largest absolute Gasteiger partial charge is 0.252 e. The standard InChI is InChI=1S/C10H18ClN3S/c1-2-15-8-4-7-14-9-10(12-13-14)5-3-6-11/h9H,2-8H2,1H3. The first kappa shape index (κ1) is 12.8. The average molecular weight is 248 g/mol. The second kappa shape index (κ2) is 7.99. The van der Waals surface area contributed by atoms with Gasteiger partial charge in [-0.05, 0) is 30.8 Å². The summed E-state index contributed by atoms with van der Waals surface area (Å²) in [4.78, 5) is 0. The molecule has 5 heteroatoms. The van der Waals surface area contributed by atoms with Gasteiger partial charge in [0, 0.05) is 18.6 Å². The molecule has 15 heavy (non-hydrogen) atoms. The van der Waals surface area contributed by atoms with Crippen molar-refractivity contribution in [2.24, 2.45) is 0 Å². The smallest absolute Gasteiger partial charge is 0.0827 e. The van der Waals surface area contributed by atoms with Gasteiger partial charge in [0.05, 0.1) is 5.69 Å². The Morgan fingerprint density at radius 3 is 3.07 bits per heavy atom. The van der Waals surface area contributed by atoms with Crippen LogP contribution in [0.1, 0.15) is 25.5 Å². The van der Waals surface area contributed by atoms with Gasteiger partial charge in [-0.25, -0.2) is 0 Å². The van der Waals surface area contributed by atoms with Crippen molar-refractivity contribution in [2.75, 3.05) is 17.4 Å². The van der Waals surface area contributed by atoms with Gasteiger partial charge in [0.2, 0.25) is 0 Å². The van der Waals surface area contributed by atoms with Gasteiger partial charge >= 0.3 is 0 Å².